The molecule has 0 aliphatic carbocycles. The van der Waals surface area contributed by atoms with Crippen molar-refractivity contribution in [3.05, 3.63) is 52.1 Å². The molecule has 9 nitrogen and oxygen atoms in total. The molecule has 1 saturated heterocycles. The van der Waals surface area contributed by atoms with Gasteiger partial charge in [-0.05, 0) is 44.0 Å². The monoisotopic (exact) mass is 407 g/mol. The standard InChI is InChI=1S/C21H21N5O4/c1-12-4-3-9-25(12)20-19(13-5-7-15(22)18(11-13)26(28)29)23-16-8-6-14(21(27)30-2)10-17(16)24-20/h5-8,10-12H,3-4,9,22H2,1-2H3/t12-/m0/s1. The largest absolute Gasteiger partial charge is 0.465 e. The molecule has 0 amide bonds. The second-order valence-electron chi connectivity index (χ2n) is 7.31. The van der Waals surface area contributed by atoms with Gasteiger partial charge >= 0.3 is 5.97 Å². The smallest absolute Gasteiger partial charge is 0.337 e. The van der Waals surface area contributed by atoms with Crippen LogP contribution in [-0.4, -0.2) is 40.6 Å². The topological polar surface area (TPSA) is 124 Å². The van der Waals surface area contributed by atoms with Crippen LogP contribution in [0.3, 0.4) is 0 Å². The van der Waals surface area contributed by atoms with Gasteiger partial charge in [0.25, 0.3) is 5.69 Å². The average molecular weight is 407 g/mol. The molecule has 0 radical (unpaired) electrons. The van der Waals surface area contributed by atoms with E-state index in [1.165, 1.54) is 19.2 Å². The van der Waals surface area contributed by atoms with Gasteiger partial charge in [0.1, 0.15) is 11.4 Å². The number of benzene rings is 2. The summed E-state index contributed by atoms with van der Waals surface area (Å²) in [6, 6.07) is 9.87. The van der Waals surface area contributed by atoms with Gasteiger partial charge in [0.15, 0.2) is 5.82 Å². The van der Waals surface area contributed by atoms with E-state index in [4.69, 9.17) is 20.4 Å². The lowest BCUT2D eigenvalue weighted by molar-refractivity contribution is -0.383. The van der Waals surface area contributed by atoms with Crippen LogP contribution in [0, 0.1) is 10.1 Å². The van der Waals surface area contributed by atoms with Gasteiger partial charge in [0.05, 0.1) is 28.6 Å². The zero-order chi connectivity index (χ0) is 21.4. The molecule has 0 unspecified atom stereocenters. The number of fused-ring (bicyclic) bond motifs is 1. The highest BCUT2D eigenvalue weighted by molar-refractivity contribution is 5.94. The molecule has 2 N–H and O–H groups in total. The van der Waals surface area contributed by atoms with Crippen molar-refractivity contribution < 1.29 is 14.5 Å². The number of nitrogens with two attached hydrogens (primary N) is 1. The first-order valence-corrected chi connectivity index (χ1v) is 9.60. The molecule has 1 aromatic heterocycles. The van der Waals surface area contributed by atoms with Crippen LogP contribution >= 0.6 is 0 Å². The lowest BCUT2D eigenvalue weighted by atomic mass is 10.1. The maximum atomic E-state index is 11.9. The molecule has 1 fully saturated rings. The first-order chi connectivity index (χ1) is 14.4. The van der Waals surface area contributed by atoms with Crippen molar-refractivity contribution in [1.29, 1.82) is 0 Å². The van der Waals surface area contributed by atoms with Gasteiger partial charge in [0, 0.05) is 24.2 Å². The Morgan fingerprint density at radius 2 is 2.03 bits per heavy atom. The summed E-state index contributed by atoms with van der Waals surface area (Å²) in [5.74, 6) is 0.182. The molecule has 3 aromatic rings. The number of anilines is 2. The van der Waals surface area contributed by atoms with E-state index in [0.717, 1.165) is 19.4 Å². The Hall–Kier alpha value is -3.75. The predicted octanol–water partition coefficient (Wildman–Crippen LogP) is 3.56. The molecule has 1 aliphatic heterocycles. The number of nitrogens with zero attached hydrogens (tertiary/aromatic N) is 4. The summed E-state index contributed by atoms with van der Waals surface area (Å²) in [5, 5.41) is 11.4. The molecule has 2 heterocycles. The zero-order valence-corrected chi connectivity index (χ0v) is 16.7. The van der Waals surface area contributed by atoms with Gasteiger partial charge in [0.2, 0.25) is 0 Å². The highest BCUT2D eigenvalue weighted by atomic mass is 16.6. The second-order valence-corrected chi connectivity index (χ2v) is 7.31. The number of esters is 1. The van der Waals surface area contributed by atoms with Crippen LogP contribution in [0.25, 0.3) is 22.3 Å². The van der Waals surface area contributed by atoms with E-state index in [-0.39, 0.29) is 17.4 Å². The quantitative estimate of drug-likeness (QED) is 0.301. The number of nitro groups is 1. The summed E-state index contributed by atoms with van der Waals surface area (Å²) in [4.78, 5) is 34.5. The van der Waals surface area contributed by atoms with Crippen molar-refractivity contribution in [3.63, 3.8) is 0 Å². The molecule has 0 bridgehead atoms. The van der Waals surface area contributed by atoms with Crippen LogP contribution in [0.2, 0.25) is 0 Å². The molecular formula is C21H21N5O4. The number of rotatable bonds is 4. The summed E-state index contributed by atoms with van der Waals surface area (Å²) in [7, 11) is 1.33. The fraction of sp³-hybridized carbons (Fsp3) is 0.286. The first-order valence-electron chi connectivity index (χ1n) is 9.60. The Labute approximate surface area is 172 Å². The summed E-state index contributed by atoms with van der Waals surface area (Å²) >= 11 is 0. The zero-order valence-electron chi connectivity index (χ0n) is 16.7. The van der Waals surface area contributed by atoms with Gasteiger partial charge in [-0.3, -0.25) is 10.1 Å². The number of methoxy groups -OCH3 is 1. The molecule has 1 atom stereocenters. The number of carbonyl (C=O) groups excluding carboxylic acids is 1. The van der Waals surface area contributed by atoms with Crippen molar-refractivity contribution in [2.45, 2.75) is 25.8 Å². The van der Waals surface area contributed by atoms with E-state index < -0.39 is 10.9 Å². The Balaban J connectivity index is 1.94. The molecular weight excluding hydrogens is 386 g/mol. The van der Waals surface area contributed by atoms with Gasteiger partial charge in [-0.15, -0.1) is 0 Å². The molecule has 1 aliphatic rings. The molecule has 0 saturated carbocycles. The van der Waals surface area contributed by atoms with Crippen LogP contribution < -0.4 is 10.6 Å². The fourth-order valence-electron chi connectivity index (χ4n) is 3.78. The lowest BCUT2D eigenvalue weighted by Crippen LogP contribution is -2.28. The van der Waals surface area contributed by atoms with Gasteiger partial charge in [-0.1, -0.05) is 6.07 Å². The van der Waals surface area contributed by atoms with Crippen LogP contribution in [-0.2, 0) is 4.74 Å². The average Bonchev–Trinajstić information content (AvgIpc) is 3.17. The molecule has 154 valence electrons. The van der Waals surface area contributed by atoms with Crippen molar-refractivity contribution >= 4 is 34.2 Å². The van der Waals surface area contributed by atoms with Crippen molar-refractivity contribution in [3.8, 4) is 11.3 Å². The maximum Gasteiger partial charge on any atom is 0.337 e. The van der Waals surface area contributed by atoms with Crippen molar-refractivity contribution in [2.24, 2.45) is 0 Å². The first kappa shape index (κ1) is 19.6. The van der Waals surface area contributed by atoms with E-state index in [0.29, 0.717) is 33.7 Å². The third-order valence-corrected chi connectivity index (χ3v) is 5.39. The Bertz CT molecular complexity index is 1160. The predicted molar refractivity (Wildman–Crippen MR) is 113 cm³/mol. The SMILES string of the molecule is COC(=O)c1ccc2nc(-c3ccc(N)c([N+](=O)[O-])c3)c(N3CCC[C@@H]3C)nc2c1. The van der Waals surface area contributed by atoms with E-state index in [9.17, 15) is 14.9 Å². The maximum absolute atomic E-state index is 11.9. The van der Waals surface area contributed by atoms with Crippen LogP contribution in [0.15, 0.2) is 36.4 Å². The number of nitro benzene ring substituents is 1. The number of hydrogen-bond donors (Lipinski definition) is 1. The Morgan fingerprint density at radius 1 is 1.23 bits per heavy atom. The fourth-order valence-corrected chi connectivity index (χ4v) is 3.78. The van der Waals surface area contributed by atoms with Gasteiger partial charge in [-0.25, -0.2) is 14.8 Å². The van der Waals surface area contributed by atoms with E-state index in [1.807, 2.05) is 0 Å². The molecule has 9 heteroatoms. The molecule has 30 heavy (non-hydrogen) atoms. The number of carbonyl (C=O) groups is 1. The normalized spacial score (nSPS) is 16.1. The number of aromatic nitrogens is 2. The third-order valence-electron chi connectivity index (χ3n) is 5.39. The number of hydrogen-bond acceptors (Lipinski definition) is 8. The Kier molecular flexibility index (Phi) is 4.94. The van der Waals surface area contributed by atoms with E-state index >= 15 is 0 Å². The molecule has 0 spiro atoms. The number of ether oxygens (including phenoxy) is 1. The van der Waals surface area contributed by atoms with Crippen molar-refractivity contribution in [2.75, 3.05) is 24.3 Å². The lowest BCUT2D eigenvalue weighted by Gasteiger charge is -2.25. The minimum atomic E-state index is -0.506. The van der Waals surface area contributed by atoms with Gasteiger partial charge < -0.3 is 15.4 Å². The van der Waals surface area contributed by atoms with Crippen LogP contribution in [0.4, 0.5) is 17.2 Å². The molecule has 4 rings (SSSR count). The minimum absolute atomic E-state index is 0.0938. The highest BCUT2D eigenvalue weighted by Gasteiger charge is 2.27. The second kappa shape index (κ2) is 7.58. The number of nitrogen functional groups attached to an aromatic ring is 1. The van der Waals surface area contributed by atoms with Crippen LogP contribution in [0.1, 0.15) is 30.1 Å². The van der Waals surface area contributed by atoms with Gasteiger partial charge in [-0.2, -0.15) is 0 Å². The summed E-state index contributed by atoms with van der Waals surface area (Å²) < 4.78 is 4.80. The van der Waals surface area contributed by atoms with Crippen molar-refractivity contribution in [1.82, 2.24) is 9.97 Å². The van der Waals surface area contributed by atoms with E-state index in [2.05, 4.69) is 11.8 Å². The molecule has 2 aromatic carbocycles. The summed E-state index contributed by atoms with van der Waals surface area (Å²) in [6.07, 6.45) is 2.04. The third kappa shape index (κ3) is 3.38. The van der Waals surface area contributed by atoms with E-state index in [1.54, 1.807) is 24.3 Å². The minimum Gasteiger partial charge on any atom is -0.465 e. The Morgan fingerprint density at radius 3 is 2.70 bits per heavy atom. The summed E-state index contributed by atoms with van der Waals surface area (Å²) in [5.41, 5.74) is 8.32. The summed E-state index contributed by atoms with van der Waals surface area (Å²) in [6.45, 7) is 2.92. The van der Waals surface area contributed by atoms with Crippen LogP contribution in [0.5, 0.6) is 0 Å². The highest BCUT2D eigenvalue weighted by Crippen LogP contribution is 2.36.